The molecule has 0 saturated heterocycles. The molecule has 0 spiro atoms. The van der Waals surface area contributed by atoms with Gasteiger partial charge in [-0.1, -0.05) is 31.4 Å². The summed E-state index contributed by atoms with van der Waals surface area (Å²) in [6, 6.07) is 7.91. The number of amides is 2. The standard InChI is InChI=1S/C19H26N4O2/c24-13-16-4-2-1-3-5-18(16)22-19(25)21-12-15-6-8-17(9-7-15)23-11-10-20-14-23/h6-11,14,16,18,24H,1-5,12-13H2,(H2,21,22,25). The Morgan fingerprint density at radius 3 is 2.72 bits per heavy atom. The summed E-state index contributed by atoms with van der Waals surface area (Å²) < 4.78 is 1.94. The number of urea groups is 1. The number of aromatic nitrogens is 2. The molecule has 1 aliphatic carbocycles. The summed E-state index contributed by atoms with van der Waals surface area (Å²) >= 11 is 0. The number of hydrogen-bond donors (Lipinski definition) is 3. The predicted octanol–water partition coefficient (Wildman–Crippen LogP) is 2.61. The Morgan fingerprint density at radius 1 is 1.20 bits per heavy atom. The molecular weight excluding hydrogens is 316 g/mol. The molecule has 2 aromatic rings. The van der Waals surface area contributed by atoms with Crippen molar-refractivity contribution in [3.05, 3.63) is 48.5 Å². The maximum Gasteiger partial charge on any atom is 0.315 e. The Morgan fingerprint density at radius 2 is 2.00 bits per heavy atom. The average Bonchev–Trinajstić information content (AvgIpc) is 3.08. The zero-order valence-electron chi connectivity index (χ0n) is 14.4. The number of aliphatic hydroxyl groups excluding tert-OH is 1. The van der Waals surface area contributed by atoms with Gasteiger partial charge in [-0.05, 0) is 30.5 Å². The fourth-order valence-corrected chi connectivity index (χ4v) is 3.39. The minimum absolute atomic E-state index is 0.0658. The molecule has 0 bridgehead atoms. The number of benzene rings is 1. The summed E-state index contributed by atoms with van der Waals surface area (Å²) in [4.78, 5) is 16.2. The summed E-state index contributed by atoms with van der Waals surface area (Å²) in [6.45, 7) is 0.618. The molecule has 1 aromatic heterocycles. The first-order chi connectivity index (χ1) is 12.3. The van der Waals surface area contributed by atoms with Crippen molar-refractivity contribution in [2.75, 3.05) is 6.61 Å². The van der Waals surface area contributed by atoms with Crippen LogP contribution in [-0.4, -0.2) is 33.3 Å². The van der Waals surface area contributed by atoms with Crippen LogP contribution in [-0.2, 0) is 6.54 Å². The monoisotopic (exact) mass is 342 g/mol. The van der Waals surface area contributed by atoms with E-state index in [1.165, 1.54) is 6.42 Å². The third kappa shape index (κ3) is 4.82. The lowest BCUT2D eigenvalue weighted by Gasteiger charge is -2.24. The van der Waals surface area contributed by atoms with E-state index in [2.05, 4.69) is 15.6 Å². The van der Waals surface area contributed by atoms with Crippen molar-refractivity contribution in [2.24, 2.45) is 5.92 Å². The molecule has 0 aliphatic heterocycles. The quantitative estimate of drug-likeness (QED) is 0.731. The van der Waals surface area contributed by atoms with Crippen LogP contribution < -0.4 is 10.6 Å². The highest BCUT2D eigenvalue weighted by atomic mass is 16.3. The molecule has 134 valence electrons. The second kappa shape index (κ2) is 8.67. The Bertz CT molecular complexity index is 655. The third-order valence-electron chi connectivity index (χ3n) is 4.90. The highest BCUT2D eigenvalue weighted by Crippen LogP contribution is 2.23. The molecule has 2 unspecified atom stereocenters. The van der Waals surface area contributed by atoms with Crippen molar-refractivity contribution in [1.29, 1.82) is 0 Å². The van der Waals surface area contributed by atoms with Crippen molar-refractivity contribution < 1.29 is 9.90 Å². The fourth-order valence-electron chi connectivity index (χ4n) is 3.39. The number of hydrogen-bond acceptors (Lipinski definition) is 3. The molecule has 3 N–H and O–H groups in total. The number of imidazole rings is 1. The first kappa shape index (κ1) is 17.5. The zero-order chi connectivity index (χ0) is 17.5. The lowest BCUT2D eigenvalue weighted by atomic mass is 9.96. The van der Waals surface area contributed by atoms with Crippen molar-refractivity contribution in [3.63, 3.8) is 0 Å². The molecule has 25 heavy (non-hydrogen) atoms. The second-order valence-electron chi connectivity index (χ2n) is 6.65. The van der Waals surface area contributed by atoms with E-state index in [-0.39, 0.29) is 24.6 Å². The normalized spacial score (nSPS) is 20.7. The van der Waals surface area contributed by atoms with E-state index in [4.69, 9.17) is 0 Å². The van der Waals surface area contributed by atoms with Crippen molar-refractivity contribution in [1.82, 2.24) is 20.2 Å². The van der Waals surface area contributed by atoms with Gasteiger partial charge in [-0.25, -0.2) is 9.78 Å². The lowest BCUT2D eigenvalue weighted by molar-refractivity contribution is 0.179. The van der Waals surface area contributed by atoms with Crippen LogP contribution in [0.2, 0.25) is 0 Å². The smallest absolute Gasteiger partial charge is 0.315 e. The summed E-state index contributed by atoms with van der Waals surface area (Å²) in [7, 11) is 0. The van der Waals surface area contributed by atoms with Gasteiger partial charge in [0.05, 0.1) is 6.33 Å². The van der Waals surface area contributed by atoms with E-state index in [1.807, 2.05) is 35.0 Å². The van der Waals surface area contributed by atoms with Gasteiger partial charge in [-0.15, -0.1) is 0 Å². The minimum Gasteiger partial charge on any atom is -0.396 e. The van der Waals surface area contributed by atoms with E-state index in [1.54, 1.807) is 12.5 Å². The number of nitrogens with zero attached hydrogens (tertiary/aromatic N) is 2. The molecule has 1 saturated carbocycles. The molecule has 2 atom stereocenters. The minimum atomic E-state index is -0.163. The van der Waals surface area contributed by atoms with Crippen LogP contribution in [0.1, 0.15) is 37.7 Å². The molecule has 1 fully saturated rings. The van der Waals surface area contributed by atoms with E-state index in [0.717, 1.165) is 36.9 Å². The fraction of sp³-hybridized carbons (Fsp3) is 0.474. The van der Waals surface area contributed by atoms with Crippen LogP contribution in [0.3, 0.4) is 0 Å². The van der Waals surface area contributed by atoms with E-state index in [9.17, 15) is 9.90 Å². The Balaban J connectivity index is 1.50. The first-order valence-corrected chi connectivity index (χ1v) is 8.99. The summed E-state index contributed by atoms with van der Waals surface area (Å²) in [5.41, 5.74) is 2.08. The Hall–Kier alpha value is -2.34. The van der Waals surface area contributed by atoms with Crippen LogP contribution in [0, 0.1) is 5.92 Å². The van der Waals surface area contributed by atoms with Gasteiger partial charge in [-0.3, -0.25) is 0 Å². The molecular formula is C19H26N4O2. The zero-order valence-corrected chi connectivity index (χ0v) is 14.4. The van der Waals surface area contributed by atoms with E-state index < -0.39 is 0 Å². The molecule has 1 aliphatic rings. The highest BCUT2D eigenvalue weighted by molar-refractivity contribution is 5.74. The third-order valence-corrected chi connectivity index (χ3v) is 4.90. The van der Waals surface area contributed by atoms with Gasteiger partial charge in [0.2, 0.25) is 0 Å². The van der Waals surface area contributed by atoms with Crippen molar-refractivity contribution >= 4 is 6.03 Å². The number of aliphatic hydroxyl groups is 1. The van der Waals surface area contributed by atoms with Gasteiger partial charge < -0.3 is 20.3 Å². The Labute approximate surface area is 148 Å². The van der Waals surface area contributed by atoms with Crippen LogP contribution >= 0.6 is 0 Å². The number of rotatable bonds is 5. The number of nitrogens with one attached hydrogen (secondary N) is 2. The Kier molecular flexibility index (Phi) is 6.06. The topological polar surface area (TPSA) is 79.2 Å². The van der Waals surface area contributed by atoms with Gasteiger partial charge in [-0.2, -0.15) is 0 Å². The molecule has 6 nitrogen and oxygen atoms in total. The van der Waals surface area contributed by atoms with Crippen LogP contribution in [0.15, 0.2) is 43.0 Å². The van der Waals surface area contributed by atoms with Crippen LogP contribution in [0.25, 0.3) is 5.69 Å². The van der Waals surface area contributed by atoms with Gasteiger partial charge in [0.25, 0.3) is 0 Å². The number of carbonyl (C=O) groups excluding carboxylic acids is 1. The van der Waals surface area contributed by atoms with E-state index >= 15 is 0 Å². The largest absolute Gasteiger partial charge is 0.396 e. The summed E-state index contributed by atoms with van der Waals surface area (Å²) in [5.74, 6) is 0.169. The van der Waals surface area contributed by atoms with Crippen molar-refractivity contribution in [2.45, 2.75) is 44.7 Å². The predicted molar refractivity (Wildman–Crippen MR) is 96.4 cm³/mol. The maximum absolute atomic E-state index is 12.2. The summed E-state index contributed by atoms with van der Waals surface area (Å²) in [5, 5.41) is 15.5. The molecule has 2 amide bonds. The highest BCUT2D eigenvalue weighted by Gasteiger charge is 2.24. The van der Waals surface area contributed by atoms with Gasteiger partial charge >= 0.3 is 6.03 Å². The van der Waals surface area contributed by atoms with Crippen LogP contribution in [0.5, 0.6) is 0 Å². The lowest BCUT2D eigenvalue weighted by Crippen LogP contribution is -2.45. The average molecular weight is 342 g/mol. The molecule has 0 radical (unpaired) electrons. The van der Waals surface area contributed by atoms with Gasteiger partial charge in [0, 0.05) is 43.2 Å². The SMILES string of the molecule is O=C(NCc1ccc(-n2ccnc2)cc1)NC1CCCCCC1CO. The van der Waals surface area contributed by atoms with E-state index in [0.29, 0.717) is 6.54 Å². The number of carbonyl (C=O) groups is 1. The van der Waals surface area contributed by atoms with Gasteiger partial charge in [0.15, 0.2) is 0 Å². The van der Waals surface area contributed by atoms with Gasteiger partial charge in [0.1, 0.15) is 0 Å². The second-order valence-corrected chi connectivity index (χ2v) is 6.65. The molecule has 1 heterocycles. The van der Waals surface area contributed by atoms with Crippen molar-refractivity contribution in [3.8, 4) is 5.69 Å². The molecule has 3 rings (SSSR count). The first-order valence-electron chi connectivity index (χ1n) is 8.99. The van der Waals surface area contributed by atoms with Crippen LogP contribution in [0.4, 0.5) is 4.79 Å². The maximum atomic E-state index is 12.2. The molecule has 1 aromatic carbocycles. The molecule has 6 heteroatoms. The summed E-state index contributed by atoms with van der Waals surface area (Å²) in [6.07, 6.45) is 10.7.